The number of phenolic OH excluding ortho intramolecular Hbond substituents is 2. The fourth-order valence-electron chi connectivity index (χ4n) is 8.76. The number of halogens is 3. The Morgan fingerprint density at radius 3 is 0.986 bits per heavy atom. The summed E-state index contributed by atoms with van der Waals surface area (Å²) in [5, 5.41) is 35.8. The van der Waals surface area contributed by atoms with Crippen LogP contribution in [0.25, 0.3) is 0 Å². The molecule has 0 spiro atoms. The van der Waals surface area contributed by atoms with Gasteiger partial charge < -0.3 is 35.6 Å². The Morgan fingerprint density at radius 1 is 0.458 bits per heavy atom. The van der Waals surface area contributed by atoms with E-state index >= 15 is 0 Å². The predicted molar refractivity (Wildman–Crippen MR) is 289 cm³/mol. The third-order valence-corrected chi connectivity index (χ3v) is 13.2. The summed E-state index contributed by atoms with van der Waals surface area (Å²) in [5.41, 5.74) is 7.90. The van der Waals surface area contributed by atoms with E-state index in [1.54, 1.807) is 97.1 Å². The first-order chi connectivity index (χ1) is 34.5. The van der Waals surface area contributed by atoms with Gasteiger partial charge in [-0.1, -0.05) is 81.6 Å². The molecule has 8 rings (SSSR count). The van der Waals surface area contributed by atoms with Crippen molar-refractivity contribution in [3.63, 3.8) is 0 Å². The second-order valence-electron chi connectivity index (χ2n) is 19.1. The molecule has 8 bridgehead atoms. The Hall–Kier alpha value is -6.98. The Bertz CT molecular complexity index is 3000. The average Bonchev–Trinajstić information content (AvgIpc) is 3.33. The lowest BCUT2D eigenvalue weighted by atomic mass is 9.82. The van der Waals surface area contributed by atoms with Crippen LogP contribution in [-0.4, -0.2) is 41.1 Å². The Labute approximate surface area is 435 Å². The van der Waals surface area contributed by atoms with Crippen molar-refractivity contribution < 1.29 is 34.1 Å². The normalized spacial score (nSPS) is 12.2. The Morgan fingerprint density at radius 2 is 0.722 bits per heavy atom. The van der Waals surface area contributed by atoms with Gasteiger partial charge in [0.15, 0.2) is 0 Å². The molecule has 5 N–H and O–H groups in total. The second-order valence-corrected chi connectivity index (χ2v) is 20.4. The monoisotopic (exact) mass is 1020 g/mol. The lowest BCUT2D eigenvalue weighted by molar-refractivity contribution is 0.101. The van der Waals surface area contributed by atoms with Gasteiger partial charge in [0.25, 0.3) is 17.7 Å². The van der Waals surface area contributed by atoms with Crippen molar-refractivity contribution in [3.05, 3.63) is 203 Å². The largest absolute Gasteiger partial charge is 0.507 e. The third kappa shape index (κ3) is 12.2. The number of ether oxygens (including phenoxy) is 2. The van der Waals surface area contributed by atoms with Crippen LogP contribution in [0.3, 0.4) is 0 Å². The highest BCUT2D eigenvalue weighted by molar-refractivity contribution is 6.31. The zero-order valence-electron chi connectivity index (χ0n) is 40.8. The minimum Gasteiger partial charge on any atom is -0.507 e. The fraction of sp³-hybridized carbons (Fsp3) is 0.237. The van der Waals surface area contributed by atoms with E-state index in [4.69, 9.17) is 44.3 Å². The van der Waals surface area contributed by atoms with Crippen molar-refractivity contribution in [3.8, 4) is 23.0 Å². The van der Waals surface area contributed by atoms with Crippen molar-refractivity contribution in [1.82, 2.24) is 0 Å². The van der Waals surface area contributed by atoms with E-state index in [2.05, 4.69) is 48.9 Å². The molecule has 0 heterocycles. The van der Waals surface area contributed by atoms with Crippen LogP contribution in [0.15, 0.2) is 121 Å². The topological polar surface area (TPSA) is 146 Å². The number of hydrogen-bond donors (Lipinski definition) is 5. The van der Waals surface area contributed by atoms with Crippen LogP contribution in [0.4, 0.5) is 17.1 Å². The summed E-state index contributed by atoms with van der Waals surface area (Å²) in [7, 11) is 0. The molecule has 13 heteroatoms. The summed E-state index contributed by atoms with van der Waals surface area (Å²) in [6.07, 6.45) is 1.92. The number of rotatable bonds is 12. The molecule has 1 aliphatic carbocycles. The number of benzene rings is 7. The SMILES string of the molecule is CCCOc1c2cc(NC(=O)c3ccc(Cl)cc3)cc1Cc1cc(NC(=O)c3ccc(Cl)cc3)cc(c1O)Cc1cc(C(C)(C)C)cc(c1OCCC)Cc1cc(NC(=O)c3ccc(Cl)cc3)cc(c1O)C2. The first kappa shape index (κ1) is 51.4. The minimum atomic E-state index is -0.390. The summed E-state index contributed by atoms with van der Waals surface area (Å²) in [6, 6.07) is 34.6. The zero-order chi connectivity index (χ0) is 51.3. The van der Waals surface area contributed by atoms with Gasteiger partial charge in [0.1, 0.15) is 23.0 Å². The van der Waals surface area contributed by atoms with Crippen LogP contribution in [0.1, 0.15) is 129 Å². The molecule has 0 saturated carbocycles. The molecule has 7 aromatic rings. The van der Waals surface area contributed by atoms with Crippen LogP contribution in [0, 0.1) is 0 Å². The lowest BCUT2D eigenvalue weighted by Crippen LogP contribution is -2.15. The number of aromatic hydroxyl groups is 2. The summed E-state index contributed by atoms with van der Waals surface area (Å²) in [6.45, 7) is 11.1. The van der Waals surface area contributed by atoms with Crippen LogP contribution in [-0.2, 0) is 31.1 Å². The summed E-state index contributed by atoms with van der Waals surface area (Å²) >= 11 is 18.6. The molecule has 3 amide bonds. The van der Waals surface area contributed by atoms with Gasteiger partial charge in [-0.15, -0.1) is 0 Å². The number of fused-ring (bicyclic) bond motifs is 8. The van der Waals surface area contributed by atoms with Crippen LogP contribution < -0.4 is 25.4 Å². The van der Waals surface area contributed by atoms with Gasteiger partial charge in [-0.25, -0.2) is 0 Å². The summed E-state index contributed by atoms with van der Waals surface area (Å²) < 4.78 is 13.3. The average molecular weight is 1030 g/mol. The number of amides is 3. The third-order valence-electron chi connectivity index (χ3n) is 12.4. The van der Waals surface area contributed by atoms with Crippen LogP contribution in [0.5, 0.6) is 23.0 Å². The van der Waals surface area contributed by atoms with Gasteiger partial charge in [-0.3, -0.25) is 14.4 Å². The fourth-order valence-corrected chi connectivity index (χ4v) is 9.13. The molecule has 370 valence electrons. The molecule has 0 radical (unpaired) electrons. The van der Waals surface area contributed by atoms with Crippen molar-refractivity contribution in [2.45, 2.75) is 78.6 Å². The number of carbonyl (C=O) groups is 3. The highest BCUT2D eigenvalue weighted by atomic mass is 35.5. The molecule has 0 saturated heterocycles. The number of phenols is 2. The van der Waals surface area contributed by atoms with Gasteiger partial charge in [0.2, 0.25) is 0 Å². The maximum atomic E-state index is 13.9. The molecule has 7 aromatic carbocycles. The standard InChI is InChI=1S/C59H56Cl3N3O7/c1-6-20-71-54-41-22-37-28-49(63-56(68)34-8-14-46(60)15-9-34)30-39(52(37)66)24-43-32-51(65-58(70)36-12-18-48(62)19-13-36)33-44(55(43)72-21-7-2)25-40-31-50(64-57(69)35-10-16-47(61)17-11-35)29-38(53(40)67)23-42(54)27-45(26-41)59(3,4)5/h8-19,26-33,66-67H,6-7,20-25H2,1-5H3,(H,63,68)(H,64,69)(H,65,70). The van der Waals surface area contributed by atoms with Gasteiger partial charge in [0.05, 0.1) is 13.2 Å². The van der Waals surface area contributed by atoms with E-state index in [1.807, 2.05) is 26.0 Å². The lowest BCUT2D eigenvalue weighted by Gasteiger charge is -2.26. The summed E-state index contributed by atoms with van der Waals surface area (Å²) in [4.78, 5) is 41.6. The van der Waals surface area contributed by atoms with Gasteiger partial charge >= 0.3 is 0 Å². The van der Waals surface area contributed by atoms with Crippen molar-refractivity contribution in [2.75, 3.05) is 29.2 Å². The molecular weight excluding hydrogens is 969 g/mol. The highest BCUT2D eigenvalue weighted by Gasteiger charge is 2.26. The molecule has 1 aliphatic rings. The molecule has 0 fully saturated rings. The van der Waals surface area contributed by atoms with Gasteiger partial charge in [-0.05, 0) is 144 Å². The number of hydrogen-bond acceptors (Lipinski definition) is 7. The maximum absolute atomic E-state index is 13.9. The Kier molecular flexibility index (Phi) is 15.8. The van der Waals surface area contributed by atoms with E-state index in [9.17, 15) is 24.6 Å². The predicted octanol–water partition coefficient (Wildman–Crippen LogP) is 14.4. The van der Waals surface area contributed by atoms with E-state index in [-0.39, 0.29) is 60.3 Å². The number of anilines is 3. The van der Waals surface area contributed by atoms with Crippen molar-refractivity contribution >= 4 is 69.6 Å². The summed E-state index contributed by atoms with van der Waals surface area (Å²) in [5.74, 6) is -0.0173. The van der Waals surface area contributed by atoms with Crippen molar-refractivity contribution in [1.29, 1.82) is 0 Å². The number of nitrogens with one attached hydrogen (secondary N) is 3. The Balaban J connectivity index is 1.38. The van der Waals surface area contributed by atoms with Crippen LogP contribution >= 0.6 is 34.8 Å². The zero-order valence-corrected chi connectivity index (χ0v) is 43.0. The molecule has 0 aromatic heterocycles. The molecule has 10 nitrogen and oxygen atoms in total. The molecule has 0 unspecified atom stereocenters. The maximum Gasteiger partial charge on any atom is 0.255 e. The molecule has 72 heavy (non-hydrogen) atoms. The quantitative estimate of drug-likeness (QED) is 0.0766. The van der Waals surface area contributed by atoms with Gasteiger partial charge in [-0.2, -0.15) is 0 Å². The van der Waals surface area contributed by atoms with Gasteiger partial charge in [0, 0.05) is 108 Å². The molecular formula is C59H56Cl3N3O7. The van der Waals surface area contributed by atoms with Crippen LogP contribution in [0.2, 0.25) is 15.1 Å². The minimum absolute atomic E-state index is 0.0123. The van der Waals surface area contributed by atoms with E-state index in [1.165, 1.54) is 0 Å². The van der Waals surface area contributed by atoms with E-state index in [0.717, 1.165) is 16.7 Å². The second kappa shape index (κ2) is 22.2. The molecule has 0 aliphatic heterocycles. The van der Waals surface area contributed by atoms with E-state index in [0.29, 0.717) is 120 Å². The van der Waals surface area contributed by atoms with E-state index < -0.39 is 0 Å². The highest BCUT2D eigenvalue weighted by Crippen LogP contribution is 2.43. The molecule has 0 atom stereocenters. The van der Waals surface area contributed by atoms with Crippen molar-refractivity contribution in [2.24, 2.45) is 0 Å². The first-order valence-corrected chi connectivity index (χ1v) is 25.1. The smallest absolute Gasteiger partial charge is 0.255 e. The number of carbonyl (C=O) groups excluding carboxylic acids is 3. The first-order valence-electron chi connectivity index (χ1n) is 23.9.